The average molecular weight is 850 g/mol. The van der Waals surface area contributed by atoms with Crippen molar-refractivity contribution in [3.05, 3.63) is 146 Å². The predicted octanol–water partition coefficient (Wildman–Crippen LogP) is 9.92. The smallest absolute Gasteiger partial charge is 0.162 e. The first-order valence-electron chi connectivity index (χ1n) is 22.3. The number of piperidine rings is 1. The molecule has 9 nitrogen and oxygen atoms in total. The van der Waals surface area contributed by atoms with Crippen molar-refractivity contribution in [3.63, 3.8) is 0 Å². The van der Waals surface area contributed by atoms with Gasteiger partial charge in [-0.3, -0.25) is 14.5 Å². The molecule has 0 saturated carbocycles. The first kappa shape index (κ1) is 40.5. The van der Waals surface area contributed by atoms with E-state index in [2.05, 4.69) is 98.8 Å². The van der Waals surface area contributed by atoms with E-state index >= 15 is 0 Å². The molecular formula is C51H56FN7O2S. The number of thiophene rings is 1. The second-order valence-electron chi connectivity index (χ2n) is 17.8. The van der Waals surface area contributed by atoms with Crippen LogP contribution in [-0.2, 0) is 6.42 Å². The van der Waals surface area contributed by atoms with Crippen LogP contribution < -0.4 is 14.5 Å². The second-order valence-corrected chi connectivity index (χ2v) is 19.0. The van der Waals surface area contributed by atoms with Gasteiger partial charge in [0.25, 0.3) is 0 Å². The van der Waals surface area contributed by atoms with Crippen molar-refractivity contribution in [3.8, 4) is 16.5 Å². The number of ether oxygens (including phenoxy) is 1. The van der Waals surface area contributed by atoms with Crippen LogP contribution in [0.15, 0.2) is 89.9 Å². The summed E-state index contributed by atoms with van der Waals surface area (Å²) in [5.41, 5.74) is 11.8. The van der Waals surface area contributed by atoms with E-state index in [0.29, 0.717) is 11.7 Å². The first-order valence-corrected chi connectivity index (χ1v) is 23.1. The van der Waals surface area contributed by atoms with E-state index in [-0.39, 0.29) is 23.7 Å². The summed E-state index contributed by atoms with van der Waals surface area (Å²) in [5.74, 6) is 3.63. The number of rotatable bonds is 8. The Morgan fingerprint density at radius 2 is 1.50 bits per heavy atom. The fraction of sp³-hybridized carbons (Fsp3) is 0.392. The fourth-order valence-corrected chi connectivity index (χ4v) is 11.9. The van der Waals surface area contributed by atoms with Crippen LogP contribution in [0.2, 0.25) is 0 Å². The van der Waals surface area contributed by atoms with E-state index < -0.39 is 0 Å². The molecule has 6 aromatic rings. The molecule has 0 bridgehead atoms. The number of anilines is 2. The number of piperazine rings is 1. The summed E-state index contributed by atoms with van der Waals surface area (Å²) in [5, 5.41) is 20.4. The molecule has 0 unspecified atom stereocenters. The maximum absolute atomic E-state index is 14.0. The van der Waals surface area contributed by atoms with Crippen LogP contribution in [0.3, 0.4) is 0 Å². The molecule has 4 aromatic carbocycles. The number of aliphatic imine (C=N–C) groups is 1. The fourth-order valence-electron chi connectivity index (χ4n) is 10.7. The number of aromatic nitrogens is 3. The summed E-state index contributed by atoms with van der Waals surface area (Å²) in [6.45, 7) is 15.9. The minimum Gasteiger partial charge on any atom is -0.508 e. The lowest BCUT2D eigenvalue weighted by molar-refractivity contribution is 0.201. The standard InChI is InChI=1S/C51H56FN7O2S/c1-31-33(3)62-51-47(31)49(53-32(2)50-55-54-34(4)59(50)51)37-8-13-40(14-9-37)57-22-20-35(21-23-57)30-56-24-26-58(27-25-56)41-15-18-45(46(29-41)61-5)48-43(36-6-11-39(52)12-7-36)17-10-38-28-42(60)16-19-44(38)48/h6-9,11-16,18-19,28-29,32,35,43,48,60H,10,17,20-27,30H2,1-5H3/t32-,43+,48-/m0/s1. The van der Waals surface area contributed by atoms with Crippen LogP contribution in [-0.4, -0.2) is 83.4 Å². The van der Waals surface area contributed by atoms with E-state index in [0.717, 1.165) is 104 Å². The molecule has 3 atom stereocenters. The Morgan fingerprint density at radius 3 is 2.24 bits per heavy atom. The molecule has 2 aromatic heterocycles. The molecule has 4 aliphatic rings. The highest BCUT2D eigenvalue weighted by Crippen LogP contribution is 2.50. The summed E-state index contributed by atoms with van der Waals surface area (Å²) in [6, 6.07) is 28.4. The minimum atomic E-state index is -0.223. The molecule has 2 saturated heterocycles. The monoisotopic (exact) mass is 849 g/mol. The molecule has 0 radical (unpaired) electrons. The number of hydrogen-bond donors (Lipinski definition) is 1. The number of methoxy groups -OCH3 is 1. The Hall–Kier alpha value is -5.52. The number of phenolic OH excluding ortho intramolecular Hbond substituents is 1. The van der Waals surface area contributed by atoms with Gasteiger partial charge in [0.05, 0.1) is 12.8 Å². The summed E-state index contributed by atoms with van der Waals surface area (Å²) < 4.78 is 22.3. The zero-order chi connectivity index (χ0) is 42.6. The second kappa shape index (κ2) is 16.6. The highest BCUT2D eigenvalue weighted by atomic mass is 32.1. The number of phenols is 1. The normalized spacial score (nSPS) is 20.6. The van der Waals surface area contributed by atoms with Gasteiger partial charge in [0.2, 0.25) is 0 Å². The number of benzene rings is 4. The molecule has 62 heavy (non-hydrogen) atoms. The van der Waals surface area contributed by atoms with Gasteiger partial charge in [-0.15, -0.1) is 21.5 Å². The van der Waals surface area contributed by atoms with Crippen LogP contribution >= 0.6 is 11.3 Å². The van der Waals surface area contributed by atoms with Gasteiger partial charge in [0.15, 0.2) is 5.82 Å². The largest absolute Gasteiger partial charge is 0.508 e. The Morgan fingerprint density at radius 1 is 0.790 bits per heavy atom. The molecule has 320 valence electrons. The van der Waals surface area contributed by atoms with Crippen molar-refractivity contribution < 1.29 is 14.2 Å². The van der Waals surface area contributed by atoms with Crippen LogP contribution in [0.4, 0.5) is 15.8 Å². The van der Waals surface area contributed by atoms with E-state index in [9.17, 15) is 9.50 Å². The highest BCUT2D eigenvalue weighted by molar-refractivity contribution is 7.15. The average Bonchev–Trinajstić information content (AvgIpc) is 3.78. The Bertz CT molecular complexity index is 2620. The molecule has 11 heteroatoms. The van der Waals surface area contributed by atoms with Gasteiger partial charge >= 0.3 is 0 Å². The number of nitrogens with zero attached hydrogens (tertiary/aromatic N) is 7. The van der Waals surface area contributed by atoms with Crippen LogP contribution in [0.25, 0.3) is 5.00 Å². The molecule has 1 N–H and O–H groups in total. The number of aryl methyl sites for hydroxylation is 3. The zero-order valence-corrected chi connectivity index (χ0v) is 37.3. The lowest BCUT2D eigenvalue weighted by atomic mass is 9.69. The molecule has 0 amide bonds. The van der Waals surface area contributed by atoms with E-state index in [1.807, 2.05) is 25.1 Å². The van der Waals surface area contributed by atoms with Crippen molar-refractivity contribution in [1.29, 1.82) is 0 Å². The van der Waals surface area contributed by atoms with Crippen molar-refractivity contribution in [1.82, 2.24) is 19.7 Å². The van der Waals surface area contributed by atoms with Gasteiger partial charge in [-0.25, -0.2) is 4.39 Å². The lowest BCUT2D eigenvalue weighted by Crippen LogP contribution is -2.49. The van der Waals surface area contributed by atoms with Gasteiger partial charge in [0.1, 0.15) is 34.2 Å². The Labute approximate surface area is 368 Å². The summed E-state index contributed by atoms with van der Waals surface area (Å²) in [7, 11) is 1.76. The molecule has 1 aliphatic carbocycles. The number of fused-ring (bicyclic) bond motifs is 4. The first-order chi connectivity index (χ1) is 30.1. The predicted molar refractivity (Wildman–Crippen MR) is 248 cm³/mol. The third kappa shape index (κ3) is 7.46. The third-order valence-corrected chi connectivity index (χ3v) is 15.4. The lowest BCUT2D eigenvalue weighted by Gasteiger charge is -2.40. The third-order valence-electron chi connectivity index (χ3n) is 14.2. The number of aromatic hydroxyl groups is 1. The van der Waals surface area contributed by atoms with Gasteiger partial charge in [-0.1, -0.05) is 36.4 Å². The van der Waals surface area contributed by atoms with E-state index in [1.54, 1.807) is 36.6 Å². The SMILES string of the molecule is COc1cc(N2CCN(CC3CCN(c4ccc(C5=N[C@@H](C)c6nnc(C)n6-c6sc(C)c(C)c65)cc4)CC3)CC2)ccc1[C@@H]1c2ccc(O)cc2CC[C@@H]1c1ccc(F)cc1. The van der Waals surface area contributed by atoms with Crippen LogP contribution in [0.1, 0.15) is 99.5 Å². The Kier molecular flexibility index (Phi) is 10.9. The summed E-state index contributed by atoms with van der Waals surface area (Å²) in [4.78, 5) is 14.3. The van der Waals surface area contributed by atoms with Crippen molar-refractivity contribution in [2.75, 3.05) is 62.7 Å². The van der Waals surface area contributed by atoms with E-state index in [4.69, 9.17) is 9.73 Å². The van der Waals surface area contributed by atoms with Crippen molar-refractivity contribution in [2.24, 2.45) is 10.9 Å². The summed E-state index contributed by atoms with van der Waals surface area (Å²) in [6.07, 6.45) is 4.17. The van der Waals surface area contributed by atoms with Gasteiger partial charge in [0, 0.05) is 90.7 Å². The molecular weight excluding hydrogens is 794 g/mol. The molecule has 5 heterocycles. The highest BCUT2D eigenvalue weighted by Gasteiger charge is 2.35. The summed E-state index contributed by atoms with van der Waals surface area (Å²) >= 11 is 1.80. The minimum absolute atomic E-state index is 0.0279. The molecule has 3 aliphatic heterocycles. The number of hydrogen-bond acceptors (Lipinski definition) is 9. The van der Waals surface area contributed by atoms with Gasteiger partial charge < -0.3 is 19.6 Å². The zero-order valence-electron chi connectivity index (χ0n) is 36.4. The quantitative estimate of drug-likeness (QED) is 0.163. The maximum atomic E-state index is 14.0. The number of halogens is 1. The Balaban J connectivity index is 0.767. The molecule has 2 fully saturated rings. The molecule has 0 spiro atoms. The van der Waals surface area contributed by atoms with Crippen molar-refractivity contribution in [2.45, 2.75) is 71.3 Å². The van der Waals surface area contributed by atoms with Gasteiger partial charge in [-0.2, -0.15) is 0 Å². The maximum Gasteiger partial charge on any atom is 0.162 e. The van der Waals surface area contributed by atoms with Crippen molar-refractivity contribution >= 4 is 28.4 Å². The topological polar surface area (TPSA) is 82.2 Å². The van der Waals surface area contributed by atoms with E-state index in [1.165, 1.54) is 50.8 Å². The van der Waals surface area contributed by atoms with Gasteiger partial charge in [-0.05, 0) is 130 Å². The van der Waals surface area contributed by atoms with Crippen LogP contribution in [0.5, 0.6) is 11.5 Å². The van der Waals surface area contributed by atoms with Crippen LogP contribution in [0, 0.1) is 32.5 Å². The molecule has 10 rings (SSSR count).